The van der Waals surface area contributed by atoms with Crippen molar-refractivity contribution in [1.29, 1.82) is 0 Å². The van der Waals surface area contributed by atoms with Gasteiger partial charge >= 0.3 is 0 Å². The highest BCUT2D eigenvalue weighted by molar-refractivity contribution is 5.77. The monoisotopic (exact) mass is 432 g/mol. The van der Waals surface area contributed by atoms with Crippen LogP contribution in [0.15, 0.2) is 55.2 Å². The first-order chi connectivity index (χ1) is 15.6. The Kier molecular flexibility index (Phi) is 6.86. The molecule has 32 heavy (non-hydrogen) atoms. The number of amides is 1. The lowest BCUT2D eigenvalue weighted by atomic mass is 10.1. The van der Waals surface area contributed by atoms with E-state index in [1.807, 2.05) is 30.6 Å². The molecule has 0 unspecified atom stereocenters. The fraction of sp³-hybridized carbons (Fsp3) is 0.348. The Morgan fingerprint density at radius 2 is 1.78 bits per heavy atom. The van der Waals surface area contributed by atoms with E-state index < -0.39 is 0 Å². The van der Waals surface area contributed by atoms with E-state index in [0.717, 1.165) is 61.1 Å². The Labute approximate surface area is 187 Å². The van der Waals surface area contributed by atoms with Gasteiger partial charge < -0.3 is 20.4 Å². The average Bonchev–Trinajstić information content (AvgIpc) is 3.11. The standard InChI is InChI=1S/C23H28N8O/c1-29(22(32)13-24)17-18-4-2-5-19(12-18)20-14-27-23(28-15-20)31-9-3-8-30(10-11-31)21-16-25-6-7-26-21/h2,4-7,12,14-16H,3,8-11,13,17,24H2,1H3. The lowest BCUT2D eigenvalue weighted by Crippen LogP contribution is -2.32. The summed E-state index contributed by atoms with van der Waals surface area (Å²) in [4.78, 5) is 35.7. The second kappa shape index (κ2) is 10.1. The van der Waals surface area contributed by atoms with Crippen LogP contribution in [0.25, 0.3) is 11.1 Å². The molecule has 0 atom stereocenters. The van der Waals surface area contributed by atoms with Crippen LogP contribution in [0.4, 0.5) is 11.8 Å². The van der Waals surface area contributed by atoms with E-state index in [2.05, 4.69) is 35.8 Å². The first-order valence-corrected chi connectivity index (χ1v) is 10.8. The zero-order valence-corrected chi connectivity index (χ0v) is 18.3. The fourth-order valence-corrected chi connectivity index (χ4v) is 3.80. The minimum absolute atomic E-state index is 0.0124. The van der Waals surface area contributed by atoms with E-state index in [1.54, 1.807) is 30.5 Å². The zero-order chi connectivity index (χ0) is 22.3. The Morgan fingerprint density at radius 1 is 1.00 bits per heavy atom. The summed E-state index contributed by atoms with van der Waals surface area (Å²) in [7, 11) is 1.76. The van der Waals surface area contributed by atoms with E-state index in [0.29, 0.717) is 6.54 Å². The average molecular weight is 433 g/mol. The van der Waals surface area contributed by atoms with Crippen molar-refractivity contribution in [3.05, 3.63) is 60.8 Å². The number of nitrogens with zero attached hydrogens (tertiary/aromatic N) is 7. The molecule has 166 valence electrons. The number of carbonyl (C=O) groups is 1. The summed E-state index contributed by atoms with van der Waals surface area (Å²) in [6, 6.07) is 8.06. The molecular weight excluding hydrogens is 404 g/mol. The van der Waals surface area contributed by atoms with Gasteiger partial charge in [-0.2, -0.15) is 0 Å². The fourth-order valence-electron chi connectivity index (χ4n) is 3.80. The predicted octanol–water partition coefficient (Wildman–Crippen LogP) is 1.57. The molecular formula is C23H28N8O. The Hall–Kier alpha value is -3.59. The maximum atomic E-state index is 11.8. The Bertz CT molecular complexity index is 1030. The number of likely N-dealkylation sites (N-methyl/N-ethyl adjacent to an activating group) is 1. The van der Waals surface area contributed by atoms with Crippen LogP contribution in [0.1, 0.15) is 12.0 Å². The SMILES string of the molecule is CN(Cc1cccc(-c2cnc(N3CCCN(c4cnccn4)CC3)nc2)c1)C(=O)CN. The normalized spacial score (nSPS) is 14.2. The molecule has 1 aromatic carbocycles. The highest BCUT2D eigenvalue weighted by Gasteiger charge is 2.18. The first kappa shape index (κ1) is 21.6. The van der Waals surface area contributed by atoms with Gasteiger partial charge in [0, 0.05) is 70.1 Å². The Balaban J connectivity index is 1.42. The van der Waals surface area contributed by atoms with Crippen LogP contribution >= 0.6 is 0 Å². The zero-order valence-electron chi connectivity index (χ0n) is 18.3. The van der Waals surface area contributed by atoms with Crippen molar-refractivity contribution in [3.8, 4) is 11.1 Å². The predicted molar refractivity (Wildman–Crippen MR) is 124 cm³/mol. The molecule has 9 nitrogen and oxygen atoms in total. The number of anilines is 2. The molecule has 1 amide bonds. The lowest BCUT2D eigenvalue weighted by Gasteiger charge is -2.22. The number of carbonyl (C=O) groups excluding carboxylic acids is 1. The molecule has 3 aromatic rings. The van der Waals surface area contributed by atoms with Crippen LogP contribution in [-0.4, -0.2) is 70.5 Å². The van der Waals surface area contributed by atoms with Crippen molar-refractivity contribution >= 4 is 17.7 Å². The molecule has 1 saturated heterocycles. The molecule has 1 aliphatic rings. The van der Waals surface area contributed by atoms with Crippen molar-refractivity contribution in [2.75, 3.05) is 49.6 Å². The maximum Gasteiger partial charge on any atom is 0.236 e. The second-order valence-corrected chi connectivity index (χ2v) is 7.82. The van der Waals surface area contributed by atoms with Gasteiger partial charge in [-0.05, 0) is 23.6 Å². The summed E-state index contributed by atoms with van der Waals surface area (Å²) in [5.41, 5.74) is 8.45. The van der Waals surface area contributed by atoms with Gasteiger partial charge in [0.2, 0.25) is 11.9 Å². The molecule has 2 N–H and O–H groups in total. The smallest absolute Gasteiger partial charge is 0.236 e. The third-order valence-electron chi connectivity index (χ3n) is 5.57. The van der Waals surface area contributed by atoms with Crippen LogP contribution in [0.2, 0.25) is 0 Å². The first-order valence-electron chi connectivity index (χ1n) is 10.8. The van der Waals surface area contributed by atoms with Gasteiger partial charge in [0.25, 0.3) is 0 Å². The minimum atomic E-state index is -0.0848. The summed E-state index contributed by atoms with van der Waals surface area (Å²) >= 11 is 0. The summed E-state index contributed by atoms with van der Waals surface area (Å²) in [6.07, 6.45) is 9.94. The number of hydrogen-bond donors (Lipinski definition) is 1. The van der Waals surface area contributed by atoms with Gasteiger partial charge in [0.1, 0.15) is 5.82 Å². The molecule has 1 aliphatic heterocycles. The van der Waals surface area contributed by atoms with Crippen LogP contribution < -0.4 is 15.5 Å². The molecule has 9 heteroatoms. The number of benzene rings is 1. The van der Waals surface area contributed by atoms with Crippen molar-refractivity contribution in [3.63, 3.8) is 0 Å². The van der Waals surface area contributed by atoms with Gasteiger partial charge in [-0.3, -0.25) is 9.78 Å². The van der Waals surface area contributed by atoms with Crippen LogP contribution in [0.5, 0.6) is 0 Å². The van der Waals surface area contributed by atoms with Gasteiger partial charge in [-0.1, -0.05) is 18.2 Å². The minimum Gasteiger partial charge on any atom is -0.354 e. The largest absolute Gasteiger partial charge is 0.354 e. The number of nitrogens with two attached hydrogens (primary N) is 1. The van der Waals surface area contributed by atoms with Gasteiger partial charge in [0.05, 0.1) is 12.7 Å². The van der Waals surface area contributed by atoms with E-state index in [-0.39, 0.29) is 12.5 Å². The molecule has 3 heterocycles. The molecule has 4 rings (SSSR count). The molecule has 0 aliphatic carbocycles. The molecule has 0 bridgehead atoms. The topological polar surface area (TPSA) is 104 Å². The van der Waals surface area contributed by atoms with Crippen molar-refractivity contribution in [2.45, 2.75) is 13.0 Å². The third kappa shape index (κ3) is 5.17. The van der Waals surface area contributed by atoms with E-state index in [4.69, 9.17) is 5.73 Å². The second-order valence-electron chi connectivity index (χ2n) is 7.82. The van der Waals surface area contributed by atoms with E-state index in [1.165, 1.54) is 0 Å². The van der Waals surface area contributed by atoms with Gasteiger partial charge in [-0.15, -0.1) is 0 Å². The van der Waals surface area contributed by atoms with Crippen LogP contribution in [0, 0.1) is 0 Å². The maximum absolute atomic E-state index is 11.8. The van der Waals surface area contributed by atoms with Crippen molar-refractivity contribution in [2.24, 2.45) is 5.73 Å². The number of rotatable bonds is 6. The van der Waals surface area contributed by atoms with E-state index >= 15 is 0 Å². The molecule has 2 aromatic heterocycles. The molecule has 1 fully saturated rings. The molecule has 0 saturated carbocycles. The summed E-state index contributed by atoms with van der Waals surface area (Å²) in [5.74, 6) is 1.56. The summed E-state index contributed by atoms with van der Waals surface area (Å²) in [6.45, 7) is 4.03. The van der Waals surface area contributed by atoms with Gasteiger partial charge in [0.15, 0.2) is 0 Å². The lowest BCUT2D eigenvalue weighted by molar-refractivity contribution is -0.128. The van der Waals surface area contributed by atoms with Crippen molar-refractivity contribution in [1.82, 2.24) is 24.8 Å². The van der Waals surface area contributed by atoms with Crippen molar-refractivity contribution < 1.29 is 4.79 Å². The van der Waals surface area contributed by atoms with Crippen LogP contribution in [-0.2, 0) is 11.3 Å². The number of aromatic nitrogens is 4. The van der Waals surface area contributed by atoms with Gasteiger partial charge in [-0.25, -0.2) is 15.0 Å². The summed E-state index contributed by atoms with van der Waals surface area (Å²) < 4.78 is 0. The van der Waals surface area contributed by atoms with E-state index in [9.17, 15) is 4.79 Å². The quantitative estimate of drug-likeness (QED) is 0.626. The molecule has 0 spiro atoms. The third-order valence-corrected chi connectivity index (χ3v) is 5.57. The Morgan fingerprint density at radius 3 is 2.53 bits per heavy atom. The highest BCUT2D eigenvalue weighted by atomic mass is 16.2. The molecule has 0 radical (unpaired) electrons. The summed E-state index contributed by atoms with van der Waals surface area (Å²) in [5, 5.41) is 0. The number of hydrogen-bond acceptors (Lipinski definition) is 8. The van der Waals surface area contributed by atoms with Crippen LogP contribution in [0.3, 0.4) is 0 Å². The highest BCUT2D eigenvalue weighted by Crippen LogP contribution is 2.22.